The Labute approximate surface area is 81.7 Å². The van der Waals surface area contributed by atoms with Crippen LogP contribution < -0.4 is 4.90 Å². The van der Waals surface area contributed by atoms with Crippen LogP contribution in [0.25, 0.3) is 0 Å². The van der Waals surface area contributed by atoms with Gasteiger partial charge in [-0.25, -0.2) is 9.18 Å². The minimum Gasteiger partial charge on any atom is -0.326 e. The smallest absolute Gasteiger partial charge is 0.324 e. The Bertz CT molecular complexity index is 350. The third-order valence-electron chi connectivity index (χ3n) is 2.35. The van der Waals surface area contributed by atoms with Gasteiger partial charge in [-0.15, -0.1) is 0 Å². The van der Waals surface area contributed by atoms with E-state index in [2.05, 4.69) is 0 Å². The lowest BCUT2D eigenvalue weighted by atomic mass is 10.3. The highest BCUT2D eigenvalue weighted by Gasteiger charge is 2.26. The molecule has 1 heterocycles. The normalized spacial score (nSPS) is 16.6. The van der Waals surface area contributed by atoms with Crippen LogP contribution in [0.3, 0.4) is 0 Å². The molecule has 1 aromatic rings. The summed E-state index contributed by atoms with van der Waals surface area (Å²) in [5.41, 5.74) is 0.751. The maximum Gasteiger partial charge on any atom is 0.324 e. The predicted octanol–water partition coefficient (Wildman–Crippen LogP) is 1.70. The van der Waals surface area contributed by atoms with E-state index >= 15 is 0 Å². The summed E-state index contributed by atoms with van der Waals surface area (Å²) in [5.74, 6) is -0.284. The third kappa shape index (κ3) is 1.43. The van der Waals surface area contributed by atoms with Crippen LogP contribution >= 0.6 is 0 Å². The van der Waals surface area contributed by atoms with Gasteiger partial charge in [0.1, 0.15) is 5.82 Å². The Hall–Kier alpha value is -1.58. The number of urea groups is 1. The van der Waals surface area contributed by atoms with Crippen molar-refractivity contribution < 1.29 is 9.18 Å². The molecule has 1 saturated heterocycles. The summed E-state index contributed by atoms with van der Waals surface area (Å²) in [7, 11) is 1.76. The van der Waals surface area contributed by atoms with E-state index in [4.69, 9.17) is 0 Å². The molecule has 1 aliphatic heterocycles. The van der Waals surface area contributed by atoms with Crippen LogP contribution in [0.1, 0.15) is 0 Å². The van der Waals surface area contributed by atoms with Crippen molar-refractivity contribution in [3.05, 3.63) is 30.1 Å². The van der Waals surface area contributed by atoms with Crippen LogP contribution in [0, 0.1) is 5.82 Å². The number of rotatable bonds is 1. The van der Waals surface area contributed by atoms with E-state index < -0.39 is 0 Å². The maximum absolute atomic E-state index is 12.6. The first-order valence-electron chi connectivity index (χ1n) is 4.46. The molecule has 0 radical (unpaired) electrons. The van der Waals surface area contributed by atoms with Crippen molar-refractivity contribution in [2.24, 2.45) is 0 Å². The molecule has 1 fully saturated rings. The van der Waals surface area contributed by atoms with Crippen molar-refractivity contribution in [3.8, 4) is 0 Å². The Morgan fingerprint density at radius 1 is 1.21 bits per heavy atom. The van der Waals surface area contributed by atoms with Gasteiger partial charge in [0.05, 0.1) is 0 Å². The minimum atomic E-state index is -0.284. The summed E-state index contributed by atoms with van der Waals surface area (Å²) in [6, 6.07) is 5.93. The molecule has 2 amide bonds. The highest BCUT2D eigenvalue weighted by Crippen LogP contribution is 2.19. The van der Waals surface area contributed by atoms with Crippen molar-refractivity contribution in [1.82, 2.24) is 4.90 Å². The van der Waals surface area contributed by atoms with Gasteiger partial charge in [0.2, 0.25) is 0 Å². The van der Waals surface area contributed by atoms with Crippen LogP contribution in [0.2, 0.25) is 0 Å². The van der Waals surface area contributed by atoms with Crippen molar-refractivity contribution in [3.63, 3.8) is 0 Å². The van der Waals surface area contributed by atoms with Crippen molar-refractivity contribution in [1.29, 1.82) is 0 Å². The number of hydrogen-bond donors (Lipinski definition) is 0. The lowest BCUT2D eigenvalue weighted by molar-refractivity contribution is 0.229. The molecule has 1 aliphatic rings. The van der Waals surface area contributed by atoms with Gasteiger partial charge in [0, 0.05) is 25.8 Å². The summed E-state index contributed by atoms with van der Waals surface area (Å²) in [4.78, 5) is 14.8. The molecular formula is C10H11FN2O. The molecule has 0 spiro atoms. The number of benzene rings is 1. The zero-order chi connectivity index (χ0) is 10.1. The van der Waals surface area contributed by atoms with Crippen molar-refractivity contribution >= 4 is 11.7 Å². The van der Waals surface area contributed by atoms with Gasteiger partial charge in [-0.3, -0.25) is 4.90 Å². The summed E-state index contributed by atoms with van der Waals surface area (Å²) in [6.07, 6.45) is 0. The molecule has 0 aromatic heterocycles. The number of likely N-dealkylation sites (N-methyl/N-ethyl adjacent to an activating group) is 1. The van der Waals surface area contributed by atoms with Gasteiger partial charge in [-0.2, -0.15) is 0 Å². The van der Waals surface area contributed by atoms with Gasteiger partial charge in [-0.05, 0) is 24.3 Å². The highest BCUT2D eigenvalue weighted by molar-refractivity contribution is 5.93. The molecule has 0 unspecified atom stereocenters. The first kappa shape index (κ1) is 8.99. The van der Waals surface area contributed by atoms with Crippen LogP contribution in [-0.4, -0.2) is 31.1 Å². The van der Waals surface area contributed by atoms with E-state index in [-0.39, 0.29) is 11.8 Å². The molecule has 14 heavy (non-hydrogen) atoms. The van der Waals surface area contributed by atoms with E-state index in [9.17, 15) is 9.18 Å². The quantitative estimate of drug-likeness (QED) is 0.667. The number of nitrogens with zero attached hydrogens (tertiary/aromatic N) is 2. The Kier molecular flexibility index (Phi) is 2.11. The van der Waals surface area contributed by atoms with Crippen molar-refractivity contribution in [2.75, 3.05) is 25.0 Å². The summed E-state index contributed by atoms with van der Waals surface area (Å²) in [6.45, 7) is 1.39. The van der Waals surface area contributed by atoms with Gasteiger partial charge in [0.15, 0.2) is 0 Å². The first-order valence-corrected chi connectivity index (χ1v) is 4.46. The zero-order valence-corrected chi connectivity index (χ0v) is 7.90. The molecule has 0 bridgehead atoms. The second kappa shape index (κ2) is 3.29. The maximum atomic E-state index is 12.6. The molecule has 4 heteroatoms. The molecule has 3 nitrogen and oxygen atoms in total. The lowest BCUT2D eigenvalue weighted by Gasteiger charge is -2.15. The SMILES string of the molecule is CN1CCN(c2ccc(F)cc2)C1=O. The zero-order valence-electron chi connectivity index (χ0n) is 7.90. The highest BCUT2D eigenvalue weighted by atomic mass is 19.1. The van der Waals surface area contributed by atoms with Crippen LogP contribution in [0.15, 0.2) is 24.3 Å². The number of hydrogen-bond acceptors (Lipinski definition) is 1. The van der Waals surface area contributed by atoms with Crippen molar-refractivity contribution in [2.45, 2.75) is 0 Å². The summed E-state index contributed by atoms with van der Waals surface area (Å²) >= 11 is 0. The fourth-order valence-corrected chi connectivity index (χ4v) is 1.51. The number of halogens is 1. The average molecular weight is 194 g/mol. The Morgan fingerprint density at radius 3 is 2.36 bits per heavy atom. The van der Waals surface area contributed by atoms with E-state index in [0.717, 1.165) is 12.2 Å². The molecule has 74 valence electrons. The summed E-state index contributed by atoms with van der Waals surface area (Å²) < 4.78 is 12.6. The van der Waals surface area contributed by atoms with Crippen LogP contribution in [-0.2, 0) is 0 Å². The predicted molar refractivity (Wildman–Crippen MR) is 51.8 cm³/mol. The average Bonchev–Trinajstić information content (AvgIpc) is 2.50. The number of amides is 2. The van der Waals surface area contributed by atoms with E-state index in [1.807, 2.05) is 0 Å². The minimum absolute atomic E-state index is 0.0309. The van der Waals surface area contributed by atoms with Crippen LogP contribution in [0.5, 0.6) is 0 Å². The standard InChI is InChI=1S/C10H11FN2O/c1-12-6-7-13(10(12)14)9-4-2-8(11)3-5-9/h2-5H,6-7H2,1H3. The molecule has 2 rings (SSSR count). The second-order valence-electron chi connectivity index (χ2n) is 3.33. The molecule has 0 saturated carbocycles. The topological polar surface area (TPSA) is 23.6 Å². The number of carbonyl (C=O) groups is 1. The summed E-state index contributed by atoms with van der Waals surface area (Å²) in [5, 5.41) is 0. The monoisotopic (exact) mass is 194 g/mol. The van der Waals surface area contributed by atoms with E-state index in [1.54, 1.807) is 29.0 Å². The van der Waals surface area contributed by atoms with Gasteiger partial charge >= 0.3 is 6.03 Å². The Morgan fingerprint density at radius 2 is 1.86 bits per heavy atom. The van der Waals surface area contributed by atoms with Crippen LogP contribution in [0.4, 0.5) is 14.9 Å². The number of anilines is 1. The fraction of sp³-hybridized carbons (Fsp3) is 0.300. The van der Waals surface area contributed by atoms with E-state index in [1.165, 1.54) is 12.1 Å². The van der Waals surface area contributed by atoms with Gasteiger partial charge < -0.3 is 4.90 Å². The molecule has 0 aliphatic carbocycles. The van der Waals surface area contributed by atoms with Gasteiger partial charge in [-0.1, -0.05) is 0 Å². The molecule has 0 N–H and O–H groups in total. The third-order valence-corrected chi connectivity index (χ3v) is 2.35. The second-order valence-corrected chi connectivity index (χ2v) is 3.33. The fourth-order valence-electron chi connectivity index (χ4n) is 1.51. The molecular weight excluding hydrogens is 183 g/mol. The first-order chi connectivity index (χ1) is 6.68. The largest absolute Gasteiger partial charge is 0.326 e. The lowest BCUT2D eigenvalue weighted by Crippen LogP contribution is -2.29. The Balaban J connectivity index is 2.24. The van der Waals surface area contributed by atoms with E-state index in [0.29, 0.717) is 6.54 Å². The molecule has 1 aromatic carbocycles. The number of carbonyl (C=O) groups excluding carboxylic acids is 1. The van der Waals surface area contributed by atoms with Gasteiger partial charge in [0.25, 0.3) is 0 Å². The molecule has 0 atom stereocenters.